The number of rotatable bonds is 1. The van der Waals surface area contributed by atoms with Crippen molar-refractivity contribution in [2.24, 2.45) is 0 Å². The molecule has 2 aliphatic heterocycles. The molecule has 2 aliphatic rings. The molecule has 2 atom stereocenters. The number of amides is 1. The molecule has 2 saturated heterocycles. The van der Waals surface area contributed by atoms with Crippen molar-refractivity contribution in [1.29, 1.82) is 0 Å². The number of nitrogens with zero attached hydrogens (tertiary/aromatic N) is 2. The van der Waals surface area contributed by atoms with Crippen LogP contribution in [0.25, 0.3) is 0 Å². The first-order valence-corrected chi connectivity index (χ1v) is 7.26. The second-order valence-electron chi connectivity index (χ2n) is 4.87. The molecule has 0 aromatic heterocycles. The first kappa shape index (κ1) is 14.4. The number of alkyl halides is 3. The maximum atomic E-state index is 13.4. The molecular weight excluding hydrogens is 357 g/mol. The van der Waals surface area contributed by atoms with Crippen LogP contribution in [0.2, 0.25) is 0 Å². The van der Waals surface area contributed by atoms with Crippen LogP contribution in [0.15, 0.2) is 0 Å². The molecule has 7 heteroatoms. The maximum Gasteiger partial charge on any atom is 0.251 e. The molecule has 0 aromatic rings. The number of ether oxygens (including phenoxy) is 1. The average molecular weight is 374 g/mol. The van der Waals surface area contributed by atoms with Gasteiger partial charge in [0.1, 0.15) is 4.11 Å². The Morgan fingerprint density at radius 3 is 2.83 bits per heavy atom. The molecule has 2 rings (SSSR count). The summed E-state index contributed by atoms with van der Waals surface area (Å²) in [4.78, 5) is 15.7. The minimum absolute atomic E-state index is 0.0466. The SMILES string of the molecule is CN1CCC(F)(F)CC1C(=O)N1CCOC(I)C1. The summed E-state index contributed by atoms with van der Waals surface area (Å²) in [6.45, 7) is 1.72. The Kier molecular flexibility index (Phi) is 4.43. The van der Waals surface area contributed by atoms with Gasteiger partial charge in [-0.1, -0.05) is 0 Å². The van der Waals surface area contributed by atoms with Gasteiger partial charge in [0.25, 0.3) is 5.92 Å². The molecule has 1 amide bonds. The highest BCUT2D eigenvalue weighted by Crippen LogP contribution is 2.32. The lowest BCUT2D eigenvalue weighted by Crippen LogP contribution is -2.56. The van der Waals surface area contributed by atoms with Crippen molar-refractivity contribution in [2.45, 2.75) is 28.9 Å². The number of carbonyl (C=O) groups is 1. The highest BCUT2D eigenvalue weighted by Gasteiger charge is 2.43. The van der Waals surface area contributed by atoms with Crippen LogP contribution in [0, 0.1) is 0 Å². The smallest absolute Gasteiger partial charge is 0.251 e. The summed E-state index contributed by atoms with van der Waals surface area (Å²) in [5.74, 6) is -2.91. The van der Waals surface area contributed by atoms with Crippen LogP contribution in [-0.2, 0) is 9.53 Å². The summed E-state index contributed by atoms with van der Waals surface area (Å²) in [6.07, 6.45) is -0.531. The third kappa shape index (κ3) is 3.30. The molecule has 0 bridgehead atoms. The van der Waals surface area contributed by atoms with Crippen LogP contribution in [0.5, 0.6) is 0 Å². The van der Waals surface area contributed by atoms with Gasteiger partial charge < -0.3 is 9.64 Å². The molecule has 2 fully saturated rings. The average Bonchev–Trinajstić information content (AvgIpc) is 2.31. The van der Waals surface area contributed by atoms with E-state index in [1.807, 2.05) is 0 Å². The quantitative estimate of drug-likeness (QED) is 0.513. The zero-order valence-corrected chi connectivity index (χ0v) is 12.4. The van der Waals surface area contributed by atoms with Crippen molar-refractivity contribution >= 4 is 28.5 Å². The fourth-order valence-corrected chi connectivity index (χ4v) is 3.06. The molecule has 0 aliphatic carbocycles. The molecule has 2 unspecified atom stereocenters. The van der Waals surface area contributed by atoms with Crippen molar-refractivity contribution in [3.63, 3.8) is 0 Å². The molecule has 18 heavy (non-hydrogen) atoms. The van der Waals surface area contributed by atoms with Crippen LogP contribution >= 0.6 is 22.6 Å². The Labute approximate surface area is 119 Å². The van der Waals surface area contributed by atoms with E-state index < -0.39 is 12.0 Å². The largest absolute Gasteiger partial charge is 0.364 e. The Balaban J connectivity index is 2.02. The van der Waals surface area contributed by atoms with E-state index in [0.29, 0.717) is 19.7 Å². The monoisotopic (exact) mass is 374 g/mol. The van der Waals surface area contributed by atoms with E-state index in [0.717, 1.165) is 0 Å². The summed E-state index contributed by atoms with van der Waals surface area (Å²) in [7, 11) is 1.74. The molecular formula is C11H17F2IN2O2. The third-order valence-electron chi connectivity index (χ3n) is 3.47. The van der Waals surface area contributed by atoms with Gasteiger partial charge in [0.15, 0.2) is 0 Å². The summed E-state index contributed by atoms with van der Waals surface area (Å²) < 4.78 is 32.1. The third-order valence-corrected chi connectivity index (χ3v) is 4.23. The van der Waals surface area contributed by atoms with Crippen LogP contribution in [0.4, 0.5) is 8.78 Å². The Hall–Kier alpha value is -0.0200. The predicted molar refractivity (Wildman–Crippen MR) is 70.9 cm³/mol. The van der Waals surface area contributed by atoms with Gasteiger partial charge in [0.05, 0.1) is 19.2 Å². The van der Waals surface area contributed by atoms with E-state index in [1.54, 1.807) is 16.8 Å². The van der Waals surface area contributed by atoms with E-state index in [2.05, 4.69) is 22.6 Å². The summed E-state index contributed by atoms with van der Waals surface area (Å²) in [5.41, 5.74) is 0. The van der Waals surface area contributed by atoms with E-state index in [9.17, 15) is 13.6 Å². The van der Waals surface area contributed by atoms with Crippen LogP contribution in [0.1, 0.15) is 12.8 Å². The second-order valence-corrected chi connectivity index (χ2v) is 6.26. The molecule has 0 saturated carbocycles. The van der Waals surface area contributed by atoms with E-state index in [4.69, 9.17) is 4.74 Å². The van der Waals surface area contributed by atoms with Gasteiger partial charge >= 0.3 is 0 Å². The molecule has 0 spiro atoms. The van der Waals surface area contributed by atoms with Crippen LogP contribution in [-0.4, -0.2) is 65.1 Å². The number of likely N-dealkylation sites (tertiary alicyclic amines) is 1. The van der Waals surface area contributed by atoms with Crippen LogP contribution in [0.3, 0.4) is 0 Å². The lowest BCUT2D eigenvalue weighted by Gasteiger charge is -2.40. The molecule has 2 heterocycles. The predicted octanol–water partition coefficient (Wildman–Crippen LogP) is 1.34. The van der Waals surface area contributed by atoms with Crippen molar-refractivity contribution in [2.75, 3.05) is 33.3 Å². The van der Waals surface area contributed by atoms with Crippen molar-refractivity contribution in [3.8, 4) is 0 Å². The van der Waals surface area contributed by atoms with E-state index in [-0.39, 0.29) is 29.4 Å². The fourth-order valence-electron chi connectivity index (χ4n) is 2.33. The summed E-state index contributed by atoms with van der Waals surface area (Å²) in [5, 5.41) is 0. The van der Waals surface area contributed by atoms with Crippen molar-refractivity contribution in [3.05, 3.63) is 0 Å². The van der Waals surface area contributed by atoms with Gasteiger partial charge in [-0.15, -0.1) is 0 Å². The van der Waals surface area contributed by atoms with Gasteiger partial charge in [0, 0.05) is 25.9 Å². The minimum Gasteiger partial charge on any atom is -0.364 e. The highest BCUT2D eigenvalue weighted by atomic mass is 127. The highest BCUT2D eigenvalue weighted by molar-refractivity contribution is 14.1. The molecule has 4 nitrogen and oxygen atoms in total. The van der Waals surface area contributed by atoms with Gasteiger partial charge in [0.2, 0.25) is 5.91 Å². The molecule has 0 radical (unpaired) electrons. The number of morpholine rings is 1. The van der Waals surface area contributed by atoms with Gasteiger partial charge in [-0.3, -0.25) is 9.69 Å². The summed E-state index contributed by atoms with van der Waals surface area (Å²) >= 11 is 2.11. The van der Waals surface area contributed by atoms with Gasteiger partial charge in [-0.2, -0.15) is 0 Å². The van der Waals surface area contributed by atoms with Crippen molar-refractivity contribution in [1.82, 2.24) is 9.80 Å². The zero-order valence-electron chi connectivity index (χ0n) is 10.2. The van der Waals surface area contributed by atoms with E-state index >= 15 is 0 Å². The topological polar surface area (TPSA) is 32.8 Å². The lowest BCUT2D eigenvalue weighted by atomic mass is 9.98. The Bertz CT molecular complexity index is 330. The van der Waals surface area contributed by atoms with E-state index in [1.165, 1.54) is 0 Å². The minimum atomic E-state index is -2.72. The maximum absolute atomic E-state index is 13.4. The molecule has 0 N–H and O–H groups in total. The molecule has 0 aromatic carbocycles. The first-order chi connectivity index (χ1) is 8.39. The zero-order chi connectivity index (χ0) is 13.3. The molecule has 104 valence electrons. The number of hydrogen-bond donors (Lipinski definition) is 0. The Morgan fingerprint density at radius 2 is 2.17 bits per heavy atom. The second kappa shape index (κ2) is 5.54. The fraction of sp³-hybridized carbons (Fsp3) is 0.909. The van der Waals surface area contributed by atoms with Crippen molar-refractivity contribution < 1.29 is 18.3 Å². The number of halogens is 3. The number of carbonyl (C=O) groups excluding carboxylic acids is 1. The van der Waals surface area contributed by atoms with Crippen LogP contribution < -0.4 is 0 Å². The number of hydrogen-bond acceptors (Lipinski definition) is 3. The van der Waals surface area contributed by atoms with Gasteiger partial charge in [-0.05, 0) is 29.6 Å². The normalized spacial score (nSPS) is 33.4. The first-order valence-electron chi connectivity index (χ1n) is 6.01. The number of piperidine rings is 1. The number of likely N-dealkylation sites (N-methyl/N-ethyl adjacent to an activating group) is 1. The van der Waals surface area contributed by atoms with Gasteiger partial charge in [-0.25, -0.2) is 8.78 Å². The Morgan fingerprint density at radius 1 is 1.44 bits per heavy atom. The lowest BCUT2D eigenvalue weighted by molar-refractivity contribution is -0.150. The summed E-state index contributed by atoms with van der Waals surface area (Å²) in [6, 6.07) is -0.699. The standard InChI is InChI=1S/C11H17F2IN2O2/c1-15-3-2-11(12,13)6-8(15)10(17)16-4-5-18-9(14)7-16/h8-9H,2-7H2,1H3.